The summed E-state index contributed by atoms with van der Waals surface area (Å²) in [7, 11) is 2.57. The number of carbonyl (C=O) groups is 2. The topological polar surface area (TPSA) is 76.4 Å². The molecule has 1 aliphatic rings. The maximum atomic E-state index is 12.2. The van der Waals surface area contributed by atoms with Crippen LogP contribution in [0.4, 0.5) is 0 Å². The van der Waals surface area contributed by atoms with Gasteiger partial charge in [0.05, 0.1) is 31.4 Å². The van der Waals surface area contributed by atoms with Crippen LogP contribution in [0, 0.1) is 11.3 Å². The largest absolute Gasteiger partial charge is 0.489 e. The maximum Gasteiger partial charge on any atom is 0.233 e. The first-order valence-corrected chi connectivity index (χ1v) is 5.10. The van der Waals surface area contributed by atoms with E-state index in [-0.39, 0.29) is 28.2 Å². The third-order valence-corrected chi connectivity index (χ3v) is 2.68. The summed E-state index contributed by atoms with van der Waals surface area (Å²) >= 11 is 0. The molecule has 0 aromatic heterocycles. The fourth-order valence-corrected chi connectivity index (χ4v) is 1.89. The molecule has 2 rings (SSSR count). The van der Waals surface area contributed by atoms with Crippen LogP contribution in [0.25, 0.3) is 0 Å². The molecule has 0 unspecified atom stereocenters. The maximum absolute atomic E-state index is 12.2. The predicted molar refractivity (Wildman–Crippen MR) is 60.9 cm³/mol. The number of hydrogen-bond acceptors (Lipinski definition) is 5. The predicted octanol–water partition coefficient (Wildman–Crippen LogP) is 1.44. The number of ketones is 2. The van der Waals surface area contributed by atoms with Crippen LogP contribution < -0.4 is 0 Å². The molecule has 0 N–H and O–H groups in total. The van der Waals surface area contributed by atoms with Gasteiger partial charge in [0, 0.05) is 5.56 Å². The van der Waals surface area contributed by atoms with E-state index in [4.69, 9.17) is 14.7 Å². The number of allylic oxidation sites excluding steroid dienone is 2. The summed E-state index contributed by atoms with van der Waals surface area (Å²) < 4.78 is 9.82. The van der Waals surface area contributed by atoms with Gasteiger partial charge in [-0.15, -0.1) is 0 Å². The van der Waals surface area contributed by atoms with E-state index < -0.39 is 11.6 Å². The zero-order valence-electron chi connectivity index (χ0n) is 9.81. The van der Waals surface area contributed by atoms with Gasteiger partial charge in [-0.25, -0.2) is 0 Å². The summed E-state index contributed by atoms with van der Waals surface area (Å²) in [5.41, 5.74) is 0.384. The molecule has 0 amide bonds. The molecule has 5 nitrogen and oxygen atoms in total. The van der Waals surface area contributed by atoms with Gasteiger partial charge in [-0.05, 0) is 6.07 Å². The number of rotatable bonds is 2. The Bertz CT molecular complexity index is 622. The summed E-state index contributed by atoms with van der Waals surface area (Å²) in [6.07, 6.45) is 0. The summed E-state index contributed by atoms with van der Waals surface area (Å²) in [5, 5.41) is 8.98. The molecule has 0 saturated carbocycles. The molecule has 0 spiro atoms. The highest BCUT2D eigenvalue weighted by atomic mass is 16.5. The van der Waals surface area contributed by atoms with Gasteiger partial charge in [-0.3, -0.25) is 9.59 Å². The minimum Gasteiger partial charge on any atom is -0.489 e. The van der Waals surface area contributed by atoms with Gasteiger partial charge in [-0.1, -0.05) is 12.1 Å². The zero-order chi connectivity index (χ0) is 13.3. The SMILES string of the molecule is COC1=C(OC)C(=O)c2c(C#N)cccc2C1=O. The van der Waals surface area contributed by atoms with Gasteiger partial charge in [0.1, 0.15) is 0 Å². The number of nitrogens with zero attached hydrogens (tertiary/aromatic N) is 1. The Hall–Kier alpha value is -2.61. The van der Waals surface area contributed by atoms with Crippen LogP contribution in [0.5, 0.6) is 0 Å². The highest BCUT2D eigenvalue weighted by molar-refractivity contribution is 6.26. The molecule has 1 aliphatic carbocycles. The van der Waals surface area contributed by atoms with E-state index in [0.717, 1.165) is 0 Å². The Labute approximate surface area is 103 Å². The summed E-state index contributed by atoms with van der Waals surface area (Å²) in [6, 6.07) is 6.41. The lowest BCUT2D eigenvalue weighted by Gasteiger charge is -2.19. The smallest absolute Gasteiger partial charge is 0.233 e. The van der Waals surface area contributed by atoms with Crippen molar-refractivity contribution in [3.8, 4) is 6.07 Å². The van der Waals surface area contributed by atoms with Crippen molar-refractivity contribution in [2.45, 2.75) is 0 Å². The standard InChI is InChI=1S/C13H9NO4/c1-17-12-10(15)8-5-3-4-7(6-14)9(8)11(16)13(12)18-2/h3-5H,1-2H3. The number of nitriles is 1. The number of ether oxygens (including phenoxy) is 2. The van der Waals surface area contributed by atoms with Crippen LogP contribution in [-0.2, 0) is 9.47 Å². The molecule has 0 saturated heterocycles. The molecule has 5 heteroatoms. The van der Waals surface area contributed by atoms with Crippen molar-refractivity contribution in [3.05, 3.63) is 46.4 Å². The summed E-state index contributed by atoms with van der Waals surface area (Å²) in [6.45, 7) is 0. The first kappa shape index (κ1) is 11.9. The molecule has 0 bridgehead atoms. The van der Waals surface area contributed by atoms with Gasteiger partial charge >= 0.3 is 0 Å². The number of benzene rings is 1. The minimum absolute atomic E-state index is 0.0719. The van der Waals surface area contributed by atoms with Crippen molar-refractivity contribution in [2.24, 2.45) is 0 Å². The van der Waals surface area contributed by atoms with Gasteiger partial charge in [0.25, 0.3) is 0 Å². The molecule has 1 aromatic rings. The van der Waals surface area contributed by atoms with Crippen LogP contribution in [0.2, 0.25) is 0 Å². The number of hydrogen-bond donors (Lipinski definition) is 0. The van der Waals surface area contributed by atoms with Crippen LogP contribution in [0.3, 0.4) is 0 Å². The second kappa shape index (κ2) is 4.34. The van der Waals surface area contributed by atoms with E-state index in [1.54, 1.807) is 6.07 Å². The van der Waals surface area contributed by atoms with Crippen molar-refractivity contribution in [2.75, 3.05) is 14.2 Å². The minimum atomic E-state index is -0.513. The van der Waals surface area contributed by atoms with Crippen molar-refractivity contribution in [3.63, 3.8) is 0 Å². The summed E-state index contributed by atoms with van der Waals surface area (Å²) in [4.78, 5) is 24.3. The Kier molecular flexibility index (Phi) is 2.86. The second-order valence-corrected chi connectivity index (χ2v) is 3.56. The van der Waals surface area contributed by atoms with Crippen molar-refractivity contribution in [1.29, 1.82) is 5.26 Å². The van der Waals surface area contributed by atoms with Gasteiger partial charge in [-0.2, -0.15) is 5.26 Å². The monoisotopic (exact) mass is 243 g/mol. The molecule has 1 aromatic carbocycles. The third-order valence-electron chi connectivity index (χ3n) is 2.68. The van der Waals surface area contributed by atoms with E-state index in [9.17, 15) is 9.59 Å². The fraction of sp³-hybridized carbons (Fsp3) is 0.154. The first-order chi connectivity index (χ1) is 8.65. The zero-order valence-corrected chi connectivity index (χ0v) is 9.81. The number of Topliss-reactive ketones (excluding diaryl/α,β-unsaturated/α-hetero) is 2. The van der Waals surface area contributed by atoms with Crippen molar-refractivity contribution < 1.29 is 19.1 Å². The van der Waals surface area contributed by atoms with E-state index in [1.165, 1.54) is 26.4 Å². The Balaban J connectivity index is 2.77. The van der Waals surface area contributed by atoms with Crippen molar-refractivity contribution >= 4 is 11.6 Å². The Morgan fingerprint density at radius 1 is 1.06 bits per heavy atom. The van der Waals surface area contributed by atoms with Gasteiger partial charge in [0.2, 0.25) is 23.1 Å². The average Bonchev–Trinajstić information content (AvgIpc) is 2.41. The molecule has 0 aliphatic heterocycles. The van der Waals surface area contributed by atoms with Crippen LogP contribution >= 0.6 is 0 Å². The normalized spacial score (nSPS) is 14.1. The van der Waals surface area contributed by atoms with Crippen LogP contribution in [0.1, 0.15) is 26.3 Å². The molecule has 90 valence electrons. The Morgan fingerprint density at radius 3 is 2.22 bits per heavy atom. The lowest BCUT2D eigenvalue weighted by Crippen LogP contribution is -2.25. The van der Waals surface area contributed by atoms with Gasteiger partial charge < -0.3 is 9.47 Å². The molecule has 18 heavy (non-hydrogen) atoms. The van der Waals surface area contributed by atoms with E-state index in [0.29, 0.717) is 0 Å². The Morgan fingerprint density at radius 2 is 1.67 bits per heavy atom. The fourth-order valence-electron chi connectivity index (χ4n) is 1.89. The van der Waals surface area contributed by atoms with Gasteiger partial charge in [0.15, 0.2) is 0 Å². The molecule has 0 fully saturated rings. The first-order valence-electron chi connectivity index (χ1n) is 5.10. The lowest BCUT2D eigenvalue weighted by atomic mass is 9.89. The molecule has 0 heterocycles. The number of carbonyl (C=O) groups excluding carboxylic acids is 2. The van der Waals surface area contributed by atoms with Crippen molar-refractivity contribution in [1.82, 2.24) is 0 Å². The van der Waals surface area contributed by atoms with Crippen LogP contribution in [0.15, 0.2) is 29.7 Å². The van der Waals surface area contributed by atoms with E-state index >= 15 is 0 Å². The molecular formula is C13H9NO4. The second-order valence-electron chi connectivity index (χ2n) is 3.56. The van der Waals surface area contributed by atoms with E-state index in [1.807, 2.05) is 6.07 Å². The average molecular weight is 243 g/mol. The van der Waals surface area contributed by atoms with Crippen LogP contribution in [-0.4, -0.2) is 25.8 Å². The lowest BCUT2D eigenvalue weighted by molar-refractivity contribution is 0.0829. The molecule has 0 radical (unpaired) electrons. The molecular weight excluding hydrogens is 234 g/mol. The highest BCUT2D eigenvalue weighted by Gasteiger charge is 2.36. The number of fused-ring (bicyclic) bond motifs is 1. The third kappa shape index (κ3) is 1.47. The number of methoxy groups -OCH3 is 2. The quantitative estimate of drug-likeness (QED) is 0.785. The molecule has 0 atom stereocenters. The van der Waals surface area contributed by atoms with E-state index in [2.05, 4.69) is 0 Å². The highest BCUT2D eigenvalue weighted by Crippen LogP contribution is 2.29. The summed E-state index contributed by atoms with van der Waals surface area (Å²) in [5.74, 6) is -1.27.